The molecule has 1 unspecified atom stereocenters. The normalized spacial score (nSPS) is 17.3. The fourth-order valence-corrected chi connectivity index (χ4v) is 3.13. The van der Waals surface area contributed by atoms with Crippen molar-refractivity contribution in [1.29, 1.82) is 0 Å². The molecule has 1 aromatic carbocycles. The van der Waals surface area contributed by atoms with Crippen LogP contribution in [0.3, 0.4) is 0 Å². The first-order chi connectivity index (χ1) is 12.6. The van der Waals surface area contributed by atoms with Crippen LogP contribution in [0.4, 0.5) is 0 Å². The molecule has 1 saturated heterocycles. The number of benzene rings is 1. The maximum absolute atomic E-state index is 12.7. The van der Waals surface area contributed by atoms with Crippen molar-refractivity contribution in [2.45, 2.75) is 32.3 Å². The Morgan fingerprint density at radius 1 is 1.23 bits per heavy atom. The molecule has 0 radical (unpaired) electrons. The average Bonchev–Trinajstić information content (AvgIpc) is 3.17. The first-order valence-corrected chi connectivity index (χ1v) is 8.99. The van der Waals surface area contributed by atoms with Crippen LogP contribution < -0.4 is 5.73 Å². The van der Waals surface area contributed by atoms with Crippen LogP contribution in [0.2, 0.25) is 0 Å². The Labute approximate surface area is 152 Å². The summed E-state index contributed by atoms with van der Waals surface area (Å²) in [5.74, 6) is 0.0713. The summed E-state index contributed by atoms with van der Waals surface area (Å²) in [7, 11) is 0. The number of ether oxygens (including phenoxy) is 1. The molecule has 2 aromatic rings. The largest absolute Gasteiger partial charge is 0.451 e. The minimum Gasteiger partial charge on any atom is -0.451 e. The van der Waals surface area contributed by atoms with Gasteiger partial charge in [0.15, 0.2) is 5.76 Å². The van der Waals surface area contributed by atoms with Gasteiger partial charge in [-0.25, -0.2) is 0 Å². The molecule has 0 saturated carbocycles. The number of nitrogens with zero attached hydrogens (tertiary/aromatic N) is 1. The van der Waals surface area contributed by atoms with E-state index in [4.69, 9.17) is 14.9 Å². The molecule has 1 aliphatic rings. The molecule has 2 amide bonds. The summed E-state index contributed by atoms with van der Waals surface area (Å²) in [4.78, 5) is 25.7. The number of nitrogens with two attached hydrogens (primary N) is 1. The van der Waals surface area contributed by atoms with Crippen molar-refractivity contribution in [1.82, 2.24) is 4.90 Å². The van der Waals surface area contributed by atoms with Gasteiger partial charge in [0.1, 0.15) is 5.76 Å². The molecule has 0 spiro atoms. The Hall–Kier alpha value is -2.60. The third-order valence-electron chi connectivity index (χ3n) is 4.49. The number of primary amides is 1. The summed E-state index contributed by atoms with van der Waals surface area (Å²) < 4.78 is 11.2. The molecular weight excluding hydrogens is 332 g/mol. The lowest BCUT2D eigenvalue weighted by molar-refractivity contribution is 0.00211. The Bertz CT molecular complexity index is 766. The van der Waals surface area contributed by atoms with Crippen LogP contribution in [0.5, 0.6) is 0 Å². The molecule has 1 aromatic heterocycles. The molecule has 0 aliphatic carbocycles. The van der Waals surface area contributed by atoms with E-state index >= 15 is 0 Å². The van der Waals surface area contributed by atoms with Gasteiger partial charge in [0.05, 0.1) is 6.10 Å². The highest BCUT2D eigenvalue weighted by molar-refractivity contribution is 5.95. The monoisotopic (exact) mass is 356 g/mol. The average molecular weight is 356 g/mol. The van der Waals surface area contributed by atoms with Gasteiger partial charge in [0.25, 0.3) is 11.8 Å². The van der Waals surface area contributed by atoms with E-state index in [1.807, 2.05) is 17.0 Å². The SMILES string of the molecule is CCCOC1CCCN(C(=O)c2ccc(-c3ccc(C(N)=O)o3)cc2)C1. The number of amides is 2. The molecule has 26 heavy (non-hydrogen) atoms. The summed E-state index contributed by atoms with van der Waals surface area (Å²) in [6, 6.07) is 10.4. The van der Waals surface area contributed by atoms with Crippen molar-refractivity contribution in [3.8, 4) is 11.3 Å². The summed E-state index contributed by atoms with van der Waals surface area (Å²) in [5, 5.41) is 0. The van der Waals surface area contributed by atoms with Crippen LogP contribution in [0, 0.1) is 0 Å². The molecular formula is C20H24N2O4. The fraction of sp³-hybridized carbons (Fsp3) is 0.400. The zero-order valence-corrected chi connectivity index (χ0v) is 14.9. The lowest BCUT2D eigenvalue weighted by Crippen LogP contribution is -2.43. The predicted octanol–water partition coefficient (Wildman–Crippen LogP) is 3.08. The Morgan fingerprint density at radius 2 is 2.00 bits per heavy atom. The maximum Gasteiger partial charge on any atom is 0.284 e. The number of furan rings is 1. The molecule has 6 heteroatoms. The van der Waals surface area contributed by atoms with E-state index in [1.54, 1.807) is 24.3 Å². The van der Waals surface area contributed by atoms with Crippen LogP contribution in [0.1, 0.15) is 47.1 Å². The van der Waals surface area contributed by atoms with E-state index in [2.05, 4.69) is 6.92 Å². The van der Waals surface area contributed by atoms with Crippen molar-refractivity contribution in [3.05, 3.63) is 47.7 Å². The van der Waals surface area contributed by atoms with Gasteiger partial charge in [-0.05, 0) is 43.5 Å². The van der Waals surface area contributed by atoms with Crippen LogP contribution in [-0.4, -0.2) is 42.5 Å². The van der Waals surface area contributed by atoms with Crippen molar-refractivity contribution >= 4 is 11.8 Å². The highest BCUT2D eigenvalue weighted by atomic mass is 16.5. The van der Waals surface area contributed by atoms with Gasteiger partial charge in [-0.15, -0.1) is 0 Å². The third-order valence-corrected chi connectivity index (χ3v) is 4.49. The topological polar surface area (TPSA) is 85.8 Å². The molecule has 138 valence electrons. The van der Waals surface area contributed by atoms with E-state index < -0.39 is 5.91 Å². The standard InChI is InChI=1S/C20H24N2O4/c1-2-12-25-16-4-3-11-22(13-16)20(24)15-7-5-14(6-8-15)17-9-10-18(26-17)19(21)23/h5-10,16H,2-4,11-13H2,1H3,(H2,21,23). The lowest BCUT2D eigenvalue weighted by atomic mass is 10.1. The second-order valence-electron chi connectivity index (χ2n) is 6.49. The van der Waals surface area contributed by atoms with E-state index in [1.165, 1.54) is 0 Å². The maximum atomic E-state index is 12.7. The molecule has 1 aliphatic heterocycles. The number of rotatable bonds is 6. The van der Waals surface area contributed by atoms with Crippen molar-refractivity contribution < 1.29 is 18.7 Å². The Morgan fingerprint density at radius 3 is 2.65 bits per heavy atom. The molecule has 3 rings (SSSR count). The molecule has 2 N–H and O–H groups in total. The van der Waals surface area contributed by atoms with Crippen LogP contribution in [0.25, 0.3) is 11.3 Å². The summed E-state index contributed by atoms with van der Waals surface area (Å²) in [6.07, 6.45) is 3.07. The van der Waals surface area contributed by atoms with E-state index in [-0.39, 0.29) is 17.8 Å². The second kappa shape index (κ2) is 8.19. The fourth-order valence-electron chi connectivity index (χ4n) is 3.13. The smallest absolute Gasteiger partial charge is 0.284 e. The summed E-state index contributed by atoms with van der Waals surface area (Å²) >= 11 is 0. The first kappa shape index (κ1) is 18.2. The number of carbonyl (C=O) groups excluding carboxylic acids is 2. The van der Waals surface area contributed by atoms with Gasteiger partial charge in [0, 0.05) is 30.8 Å². The zero-order valence-electron chi connectivity index (χ0n) is 14.9. The summed E-state index contributed by atoms with van der Waals surface area (Å²) in [5.41, 5.74) is 6.62. The minimum atomic E-state index is -0.604. The molecule has 0 bridgehead atoms. The second-order valence-corrected chi connectivity index (χ2v) is 6.49. The molecule has 1 fully saturated rings. The first-order valence-electron chi connectivity index (χ1n) is 8.99. The van der Waals surface area contributed by atoms with Gasteiger partial charge in [-0.2, -0.15) is 0 Å². The summed E-state index contributed by atoms with van der Waals surface area (Å²) in [6.45, 7) is 4.21. The van der Waals surface area contributed by atoms with Crippen LogP contribution in [-0.2, 0) is 4.74 Å². The Balaban J connectivity index is 1.67. The Kier molecular flexibility index (Phi) is 5.73. The number of likely N-dealkylation sites (tertiary alicyclic amines) is 1. The molecule has 6 nitrogen and oxygen atoms in total. The van der Waals surface area contributed by atoms with Gasteiger partial charge < -0.3 is 19.8 Å². The zero-order chi connectivity index (χ0) is 18.5. The number of piperidine rings is 1. The number of carbonyl (C=O) groups is 2. The quantitative estimate of drug-likeness (QED) is 0.862. The lowest BCUT2D eigenvalue weighted by Gasteiger charge is -2.32. The number of hydrogen-bond donors (Lipinski definition) is 1. The number of hydrogen-bond acceptors (Lipinski definition) is 4. The van der Waals surface area contributed by atoms with Gasteiger partial charge in [-0.1, -0.05) is 19.1 Å². The molecule has 2 heterocycles. The third kappa shape index (κ3) is 4.14. The van der Waals surface area contributed by atoms with Crippen molar-refractivity contribution in [2.24, 2.45) is 5.73 Å². The van der Waals surface area contributed by atoms with E-state index in [0.717, 1.165) is 38.0 Å². The van der Waals surface area contributed by atoms with E-state index in [0.29, 0.717) is 17.9 Å². The highest BCUT2D eigenvalue weighted by Gasteiger charge is 2.24. The van der Waals surface area contributed by atoms with Crippen LogP contribution in [0.15, 0.2) is 40.8 Å². The predicted molar refractivity (Wildman–Crippen MR) is 97.8 cm³/mol. The van der Waals surface area contributed by atoms with Crippen molar-refractivity contribution in [2.75, 3.05) is 19.7 Å². The van der Waals surface area contributed by atoms with Crippen molar-refractivity contribution in [3.63, 3.8) is 0 Å². The van der Waals surface area contributed by atoms with Gasteiger partial charge in [-0.3, -0.25) is 9.59 Å². The molecule has 1 atom stereocenters. The van der Waals surface area contributed by atoms with Crippen LogP contribution >= 0.6 is 0 Å². The van der Waals surface area contributed by atoms with Gasteiger partial charge in [0.2, 0.25) is 0 Å². The minimum absolute atomic E-state index is 0.0126. The highest BCUT2D eigenvalue weighted by Crippen LogP contribution is 2.23. The van der Waals surface area contributed by atoms with E-state index in [9.17, 15) is 9.59 Å². The van der Waals surface area contributed by atoms with Gasteiger partial charge >= 0.3 is 0 Å².